The third-order valence-electron chi connectivity index (χ3n) is 4.31. The molecule has 2 rings (SSSR count). The Morgan fingerprint density at radius 1 is 1.00 bits per heavy atom. The minimum Gasteiger partial charge on any atom is -0.462 e. The summed E-state index contributed by atoms with van der Waals surface area (Å²) in [5, 5.41) is 16.6. The molecule has 1 saturated heterocycles. The Morgan fingerprint density at radius 3 is 1.97 bits per heavy atom. The Bertz CT molecular complexity index is 756. The zero-order chi connectivity index (χ0) is 28.6. The number of anilines is 1. The highest BCUT2D eigenvalue weighted by Gasteiger charge is 2.39. The van der Waals surface area contributed by atoms with Gasteiger partial charge in [-0.1, -0.05) is 38.0 Å². The van der Waals surface area contributed by atoms with Crippen molar-refractivity contribution < 1.29 is 43.6 Å². The Morgan fingerprint density at radius 2 is 1.57 bits per heavy atom. The molecule has 1 aliphatic rings. The molecule has 3 N–H and O–H groups in total. The number of rotatable bonds is 10. The summed E-state index contributed by atoms with van der Waals surface area (Å²) in [7, 11) is 0. The van der Waals surface area contributed by atoms with Crippen LogP contribution >= 0.6 is 0 Å². The van der Waals surface area contributed by atoms with E-state index < -0.39 is 5.92 Å². The van der Waals surface area contributed by atoms with Crippen molar-refractivity contribution >= 4 is 29.4 Å². The van der Waals surface area contributed by atoms with Crippen molar-refractivity contribution in [1.82, 2.24) is 5.43 Å². The summed E-state index contributed by atoms with van der Waals surface area (Å²) in [6.45, 7) is 11.9. The number of amides is 2. The molecule has 2 amide bonds. The maximum atomic E-state index is 12.1. The number of esters is 2. The van der Waals surface area contributed by atoms with Gasteiger partial charge in [0.15, 0.2) is 0 Å². The highest BCUT2D eigenvalue weighted by molar-refractivity contribution is 6.14. The Labute approximate surface area is 220 Å². The molecule has 0 aromatic heterocycles. The Kier molecular flexibility index (Phi) is 22.8. The van der Waals surface area contributed by atoms with Gasteiger partial charge in [0.1, 0.15) is 18.6 Å². The average molecular weight is 529 g/mol. The second-order valence-corrected chi connectivity index (χ2v) is 7.63. The van der Waals surface area contributed by atoms with Gasteiger partial charge < -0.3 is 24.4 Å². The van der Waals surface area contributed by atoms with E-state index in [4.69, 9.17) is 14.9 Å². The zero-order valence-electron chi connectivity index (χ0n) is 22.9. The molecule has 1 aliphatic heterocycles. The van der Waals surface area contributed by atoms with Crippen molar-refractivity contribution in [3.05, 3.63) is 30.3 Å². The van der Waals surface area contributed by atoms with E-state index in [9.17, 15) is 19.2 Å². The fourth-order valence-corrected chi connectivity index (χ4v) is 2.70. The number of hydrazine groups is 1. The number of hydrogen-bond acceptors (Lipinski definition) is 9. The molecule has 1 aromatic rings. The molecule has 2 atom stereocenters. The smallest absolute Gasteiger partial charge is 0.303 e. The molecule has 0 saturated carbocycles. The van der Waals surface area contributed by atoms with Crippen molar-refractivity contribution in [3.63, 3.8) is 0 Å². The molecule has 0 spiro atoms. The quantitative estimate of drug-likeness (QED) is 0.307. The molecular formula is C26H44N2O9. The number of carbonyl (C=O) groups excluding carboxylic acids is 4. The number of ether oxygens (including phenoxy) is 3. The van der Waals surface area contributed by atoms with E-state index in [0.29, 0.717) is 12.1 Å². The minimum atomic E-state index is -0.518. The van der Waals surface area contributed by atoms with Crippen molar-refractivity contribution in [2.24, 2.45) is 5.92 Å². The molecule has 11 nitrogen and oxygen atoms in total. The molecule has 2 unspecified atom stereocenters. The maximum Gasteiger partial charge on any atom is 0.303 e. The Balaban J connectivity index is 0. The van der Waals surface area contributed by atoms with Crippen LogP contribution in [0.1, 0.15) is 60.8 Å². The van der Waals surface area contributed by atoms with E-state index in [0.717, 1.165) is 26.1 Å². The van der Waals surface area contributed by atoms with E-state index in [1.165, 1.54) is 18.9 Å². The van der Waals surface area contributed by atoms with Crippen molar-refractivity contribution in [2.45, 2.75) is 66.9 Å². The molecule has 1 heterocycles. The normalized spacial score (nSPS) is 14.5. The van der Waals surface area contributed by atoms with Crippen LogP contribution in [0, 0.1) is 5.92 Å². The summed E-state index contributed by atoms with van der Waals surface area (Å²) >= 11 is 0. The van der Waals surface area contributed by atoms with Crippen LogP contribution in [0.15, 0.2) is 30.3 Å². The standard InChI is InChI=1S/C13H16N2O2.C7H12O4.C4H10O.C2H6O2/c1-2-3-9-11-12(16)14-15(13(11)17)10-7-5-4-6-8-10;1-5(11-7(3)9)4-10-6(2)8;1-3-5-4-2;3-1-2-4/h4-8,11H,2-3,9H2,1H3,(H,14,16);5H,4H2,1-3H3;3-4H2,1-2H3;3-4H,1-2H2. The van der Waals surface area contributed by atoms with E-state index >= 15 is 0 Å². The highest BCUT2D eigenvalue weighted by atomic mass is 16.6. The number of para-hydroxylation sites is 1. The maximum absolute atomic E-state index is 12.1. The number of aliphatic hydroxyl groups is 2. The first-order valence-electron chi connectivity index (χ1n) is 12.4. The lowest BCUT2D eigenvalue weighted by Crippen LogP contribution is -2.35. The number of nitrogens with zero attached hydrogens (tertiary/aromatic N) is 1. The SMILES string of the molecule is CC(=O)OCC(C)OC(C)=O.CCCCC1C(=O)NN(c2ccccc2)C1=O.CCOCC.OCCO. The van der Waals surface area contributed by atoms with Crippen LogP contribution in [-0.2, 0) is 33.4 Å². The van der Waals surface area contributed by atoms with E-state index in [1.807, 2.05) is 39.0 Å². The van der Waals surface area contributed by atoms with Gasteiger partial charge in [-0.25, -0.2) is 5.01 Å². The number of unbranched alkanes of at least 4 members (excludes halogenated alkanes) is 1. The predicted molar refractivity (Wildman–Crippen MR) is 139 cm³/mol. The fourth-order valence-electron chi connectivity index (χ4n) is 2.70. The molecule has 1 aromatic carbocycles. The van der Waals surface area contributed by atoms with E-state index in [1.54, 1.807) is 19.1 Å². The van der Waals surface area contributed by atoms with Gasteiger partial charge in [-0.2, -0.15) is 0 Å². The van der Waals surface area contributed by atoms with E-state index in [-0.39, 0.29) is 49.7 Å². The molecular weight excluding hydrogens is 484 g/mol. The minimum absolute atomic E-state index is 0.120. The van der Waals surface area contributed by atoms with Crippen LogP contribution < -0.4 is 10.4 Å². The highest BCUT2D eigenvalue weighted by Crippen LogP contribution is 2.22. The van der Waals surface area contributed by atoms with Crippen molar-refractivity contribution in [3.8, 4) is 0 Å². The summed E-state index contributed by atoms with van der Waals surface area (Å²) in [5.41, 5.74) is 3.34. The lowest BCUT2D eigenvalue weighted by Gasteiger charge is -2.14. The second-order valence-electron chi connectivity index (χ2n) is 7.63. The summed E-state index contributed by atoms with van der Waals surface area (Å²) < 4.78 is 14.1. The lowest BCUT2D eigenvalue weighted by atomic mass is 10.0. The zero-order valence-corrected chi connectivity index (χ0v) is 22.9. The van der Waals surface area contributed by atoms with E-state index in [2.05, 4.69) is 14.9 Å². The average Bonchev–Trinajstić information content (AvgIpc) is 3.16. The van der Waals surface area contributed by atoms with Gasteiger partial charge in [0.25, 0.3) is 11.8 Å². The van der Waals surface area contributed by atoms with Crippen LogP contribution in [0.5, 0.6) is 0 Å². The molecule has 0 radical (unpaired) electrons. The number of nitrogens with one attached hydrogen (secondary N) is 1. The molecule has 0 bridgehead atoms. The first-order valence-corrected chi connectivity index (χ1v) is 12.4. The first-order chi connectivity index (χ1) is 17.6. The second kappa shape index (κ2) is 23.4. The van der Waals surface area contributed by atoms with Gasteiger partial charge >= 0.3 is 11.9 Å². The van der Waals surface area contributed by atoms with Crippen LogP contribution in [0.25, 0.3) is 0 Å². The number of hydrogen-bond donors (Lipinski definition) is 3. The number of carbonyl (C=O) groups is 4. The summed E-state index contributed by atoms with van der Waals surface area (Å²) in [6, 6.07) is 9.17. The predicted octanol–water partition coefficient (Wildman–Crippen LogP) is 2.39. The molecule has 0 aliphatic carbocycles. The first kappa shape index (κ1) is 36.1. The van der Waals surface area contributed by atoms with Crippen LogP contribution in [-0.4, -0.2) is 73.1 Å². The van der Waals surface area contributed by atoms with Crippen molar-refractivity contribution in [2.75, 3.05) is 38.0 Å². The van der Waals surface area contributed by atoms with Gasteiger partial charge in [0.2, 0.25) is 0 Å². The largest absolute Gasteiger partial charge is 0.462 e. The van der Waals surface area contributed by atoms with Crippen LogP contribution in [0.2, 0.25) is 0 Å². The van der Waals surface area contributed by atoms with Gasteiger partial charge in [0, 0.05) is 27.1 Å². The van der Waals surface area contributed by atoms with Gasteiger partial charge in [-0.15, -0.1) is 0 Å². The van der Waals surface area contributed by atoms with Crippen LogP contribution in [0.4, 0.5) is 5.69 Å². The van der Waals surface area contributed by atoms with Crippen LogP contribution in [0.3, 0.4) is 0 Å². The number of aliphatic hydroxyl groups excluding tert-OH is 2. The molecule has 11 heteroatoms. The third-order valence-corrected chi connectivity index (χ3v) is 4.31. The fraction of sp³-hybridized carbons (Fsp3) is 0.615. The third kappa shape index (κ3) is 18.8. The lowest BCUT2D eigenvalue weighted by molar-refractivity contribution is -0.155. The Hall–Kier alpha value is -3.02. The van der Waals surface area contributed by atoms with Gasteiger partial charge in [0.05, 0.1) is 18.9 Å². The van der Waals surface area contributed by atoms with Gasteiger partial charge in [-0.05, 0) is 39.3 Å². The summed E-state index contributed by atoms with van der Waals surface area (Å²) in [5.74, 6) is -1.59. The topological polar surface area (TPSA) is 152 Å². The molecule has 37 heavy (non-hydrogen) atoms. The summed E-state index contributed by atoms with van der Waals surface area (Å²) in [6.07, 6.45) is 2.15. The number of benzene rings is 1. The summed E-state index contributed by atoms with van der Waals surface area (Å²) in [4.78, 5) is 44.4. The molecule has 1 fully saturated rings. The van der Waals surface area contributed by atoms with Crippen molar-refractivity contribution in [1.29, 1.82) is 0 Å². The molecule has 212 valence electrons. The monoisotopic (exact) mass is 528 g/mol. The van der Waals surface area contributed by atoms with Gasteiger partial charge in [-0.3, -0.25) is 24.6 Å².